The highest BCUT2D eigenvalue weighted by Gasteiger charge is 2.38. The summed E-state index contributed by atoms with van der Waals surface area (Å²) in [4.78, 5) is 52.4. The first-order chi connectivity index (χ1) is 16.4. The lowest BCUT2D eigenvalue weighted by molar-refractivity contribution is 0.0376. The second-order valence-corrected chi connectivity index (χ2v) is 11.4. The summed E-state index contributed by atoms with van der Waals surface area (Å²) in [6, 6.07) is -0.998. The first-order valence-electron chi connectivity index (χ1n) is 11.8. The number of fused-ring (bicyclic) bond motifs is 1. The van der Waals surface area contributed by atoms with Gasteiger partial charge in [-0.15, -0.1) is 11.3 Å². The highest BCUT2D eigenvalue weighted by Crippen LogP contribution is 2.41. The van der Waals surface area contributed by atoms with Crippen LogP contribution >= 0.6 is 11.3 Å². The summed E-state index contributed by atoms with van der Waals surface area (Å²) in [5, 5.41) is 1.39. The summed E-state index contributed by atoms with van der Waals surface area (Å²) in [7, 11) is 0. The minimum absolute atomic E-state index is 0.0762. The van der Waals surface area contributed by atoms with E-state index in [9.17, 15) is 19.2 Å². The molecule has 3 heterocycles. The monoisotopic (exact) mass is 507 g/mol. The molecule has 12 heteroatoms. The lowest BCUT2D eigenvalue weighted by Crippen LogP contribution is -2.49. The standard InChI is InChI=1S/C23H33N5O6S/c1-12-9-15(12)28-18(29)17-13(2)16(11-27(20(24)30)25-21(31)34-23(3,4)5)35-19(17)26(22(28)32)10-14-7-6-8-33-14/h12,14-15H,6-11H2,1-5H3,(H2,24,30)(H,25,31)/t12-,14+,15-/m0/s1. The fraction of sp³-hybridized carbons (Fsp3) is 0.652. The maximum absolute atomic E-state index is 13.5. The smallest absolute Gasteiger partial charge is 0.426 e. The van der Waals surface area contributed by atoms with E-state index in [1.54, 1.807) is 32.3 Å². The van der Waals surface area contributed by atoms with Crippen molar-refractivity contribution in [1.82, 2.24) is 19.6 Å². The largest absolute Gasteiger partial charge is 0.443 e. The van der Waals surface area contributed by atoms with Crippen LogP contribution < -0.4 is 22.4 Å². The van der Waals surface area contributed by atoms with Crippen molar-refractivity contribution in [3.8, 4) is 0 Å². The van der Waals surface area contributed by atoms with E-state index in [4.69, 9.17) is 15.2 Å². The quantitative estimate of drug-likeness (QED) is 0.597. The van der Waals surface area contributed by atoms with Gasteiger partial charge in [0.05, 0.1) is 24.6 Å². The third-order valence-corrected chi connectivity index (χ3v) is 7.64. The molecule has 1 aliphatic carbocycles. The number of aryl methyl sites for hydroxylation is 1. The molecule has 0 unspecified atom stereocenters. The number of hydrogen-bond acceptors (Lipinski definition) is 7. The van der Waals surface area contributed by atoms with Gasteiger partial charge in [0.15, 0.2) is 0 Å². The Morgan fingerprint density at radius 1 is 1.31 bits per heavy atom. The second kappa shape index (κ2) is 9.30. The molecule has 3 atom stereocenters. The molecule has 0 aromatic carbocycles. The Bertz CT molecular complexity index is 1270. The number of hydrogen-bond donors (Lipinski definition) is 2. The average Bonchev–Trinajstić information content (AvgIpc) is 3.10. The topological polar surface area (TPSA) is 138 Å². The highest BCUT2D eigenvalue weighted by atomic mass is 32.1. The maximum atomic E-state index is 13.5. The minimum atomic E-state index is -0.881. The number of rotatable bonds is 5. The summed E-state index contributed by atoms with van der Waals surface area (Å²) in [5.41, 5.74) is 7.10. The Labute approximate surface area is 206 Å². The SMILES string of the molecule is Cc1c(CN(NC(=O)OC(C)(C)C)C(N)=O)sc2c1c(=O)n([C@H]1C[C@@H]1C)c(=O)n2C[C@H]1CCCO1. The van der Waals surface area contributed by atoms with Gasteiger partial charge in [-0.1, -0.05) is 6.92 Å². The number of primary amides is 1. The predicted octanol–water partition coefficient (Wildman–Crippen LogP) is 2.61. The molecule has 3 amide bonds. The highest BCUT2D eigenvalue weighted by molar-refractivity contribution is 7.18. The normalized spacial score (nSPS) is 21.8. The van der Waals surface area contributed by atoms with E-state index in [0.29, 0.717) is 33.8 Å². The van der Waals surface area contributed by atoms with Crippen molar-refractivity contribution in [3.63, 3.8) is 0 Å². The molecule has 2 fully saturated rings. The molecule has 0 bridgehead atoms. The summed E-state index contributed by atoms with van der Waals surface area (Å²) >= 11 is 1.24. The van der Waals surface area contributed by atoms with E-state index < -0.39 is 17.7 Å². The van der Waals surface area contributed by atoms with Crippen LogP contribution in [-0.2, 0) is 22.6 Å². The van der Waals surface area contributed by atoms with Crippen molar-refractivity contribution in [1.29, 1.82) is 0 Å². The number of amides is 3. The van der Waals surface area contributed by atoms with Gasteiger partial charge in [-0.2, -0.15) is 0 Å². The van der Waals surface area contributed by atoms with Crippen molar-refractivity contribution in [2.75, 3.05) is 6.61 Å². The number of nitrogens with one attached hydrogen (secondary N) is 1. The summed E-state index contributed by atoms with van der Waals surface area (Å²) in [5.74, 6) is 0.260. The van der Waals surface area contributed by atoms with Gasteiger partial charge in [-0.3, -0.25) is 13.9 Å². The van der Waals surface area contributed by atoms with Crippen LogP contribution in [0.3, 0.4) is 0 Å². The molecule has 0 radical (unpaired) electrons. The lowest BCUT2D eigenvalue weighted by atomic mass is 10.2. The summed E-state index contributed by atoms with van der Waals surface area (Å²) in [6.45, 7) is 9.84. The molecular weight excluding hydrogens is 474 g/mol. The first-order valence-corrected chi connectivity index (χ1v) is 12.6. The predicted molar refractivity (Wildman–Crippen MR) is 131 cm³/mol. The Hall–Kier alpha value is -2.86. The van der Waals surface area contributed by atoms with Crippen LogP contribution in [0.2, 0.25) is 0 Å². The fourth-order valence-electron chi connectivity index (χ4n) is 4.40. The van der Waals surface area contributed by atoms with Gasteiger partial charge in [-0.25, -0.2) is 24.8 Å². The number of thiophene rings is 1. The number of hydrazine groups is 1. The van der Waals surface area contributed by atoms with Crippen LogP contribution in [0, 0.1) is 12.8 Å². The van der Waals surface area contributed by atoms with Gasteiger partial charge in [0.1, 0.15) is 10.4 Å². The number of nitrogens with zero attached hydrogens (tertiary/aromatic N) is 3. The molecule has 2 aliphatic rings. The van der Waals surface area contributed by atoms with Crippen LogP contribution in [0.15, 0.2) is 9.59 Å². The lowest BCUT2D eigenvalue weighted by Gasteiger charge is -2.24. The number of aromatic nitrogens is 2. The van der Waals surface area contributed by atoms with Crippen molar-refractivity contribution < 1.29 is 19.1 Å². The van der Waals surface area contributed by atoms with Crippen molar-refractivity contribution in [2.45, 2.75) is 84.7 Å². The van der Waals surface area contributed by atoms with Crippen LogP contribution in [0.4, 0.5) is 9.59 Å². The summed E-state index contributed by atoms with van der Waals surface area (Å²) < 4.78 is 14.0. The van der Waals surface area contributed by atoms with E-state index in [2.05, 4.69) is 5.43 Å². The van der Waals surface area contributed by atoms with Crippen molar-refractivity contribution in [2.24, 2.45) is 11.7 Å². The van der Waals surface area contributed by atoms with Crippen molar-refractivity contribution >= 4 is 33.7 Å². The van der Waals surface area contributed by atoms with Gasteiger partial charge in [0.2, 0.25) is 0 Å². The Balaban J connectivity index is 1.75. The minimum Gasteiger partial charge on any atom is -0.443 e. The zero-order valence-electron chi connectivity index (χ0n) is 20.8. The zero-order chi connectivity index (χ0) is 25.7. The number of urea groups is 1. The molecule has 2 aromatic rings. The molecule has 1 saturated heterocycles. The molecule has 2 aromatic heterocycles. The molecule has 0 spiro atoms. The van der Waals surface area contributed by atoms with Gasteiger partial charge in [-0.05, 0) is 58.4 Å². The molecule has 11 nitrogen and oxygen atoms in total. The van der Waals surface area contributed by atoms with Crippen LogP contribution in [-0.4, -0.2) is 44.6 Å². The van der Waals surface area contributed by atoms with E-state index >= 15 is 0 Å². The fourth-order valence-corrected chi connectivity index (χ4v) is 5.68. The number of nitrogens with two attached hydrogens (primary N) is 1. The molecule has 1 saturated carbocycles. The third-order valence-electron chi connectivity index (χ3n) is 6.34. The van der Waals surface area contributed by atoms with E-state index in [1.165, 1.54) is 15.9 Å². The van der Waals surface area contributed by atoms with E-state index in [0.717, 1.165) is 24.3 Å². The van der Waals surface area contributed by atoms with Crippen LogP contribution in [0.1, 0.15) is 63.4 Å². The second-order valence-electron chi connectivity index (χ2n) is 10.4. The van der Waals surface area contributed by atoms with Gasteiger partial charge >= 0.3 is 17.8 Å². The van der Waals surface area contributed by atoms with Crippen LogP contribution in [0.5, 0.6) is 0 Å². The molecular formula is C23H33N5O6S. The number of ether oxygens (including phenoxy) is 2. The van der Waals surface area contributed by atoms with E-state index in [1.807, 2.05) is 6.92 Å². The Kier molecular flexibility index (Phi) is 6.71. The van der Waals surface area contributed by atoms with Gasteiger partial charge < -0.3 is 15.2 Å². The van der Waals surface area contributed by atoms with Gasteiger partial charge in [0, 0.05) is 17.5 Å². The third kappa shape index (κ3) is 5.22. The van der Waals surface area contributed by atoms with Crippen molar-refractivity contribution in [3.05, 3.63) is 31.3 Å². The summed E-state index contributed by atoms with van der Waals surface area (Å²) in [6.07, 6.45) is 1.64. The Morgan fingerprint density at radius 3 is 2.54 bits per heavy atom. The van der Waals surface area contributed by atoms with Gasteiger partial charge in [0.25, 0.3) is 5.56 Å². The molecule has 4 rings (SSSR count). The average molecular weight is 508 g/mol. The molecule has 3 N–H and O–H groups in total. The number of carbonyl (C=O) groups excluding carboxylic acids is 2. The molecule has 1 aliphatic heterocycles. The van der Waals surface area contributed by atoms with Crippen LogP contribution in [0.25, 0.3) is 10.2 Å². The number of carbonyl (C=O) groups is 2. The molecule has 35 heavy (non-hydrogen) atoms. The Morgan fingerprint density at radius 2 is 2.00 bits per heavy atom. The maximum Gasteiger partial charge on any atom is 0.426 e. The first kappa shape index (κ1) is 25.2. The van der Waals surface area contributed by atoms with E-state index in [-0.39, 0.29) is 35.9 Å². The molecule has 192 valence electrons. The zero-order valence-corrected chi connectivity index (χ0v) is 21.6.